The molecule has 19 heavy (non-hydrogen) atoms. The van der Waals surface area contributed by atoms with Crippen molar-refractivity contribution in [3.05, 3.63) is 23.8 Å². The Morgan fingerprint density at radius 3 is 2.68 bits per heavy atom. The van der Waals surface area contributed by atoms with Crippen LogP contribution in [-0.4, -0.2) is 17.7 Å². The summed E-state index contributed by atoms with van der Waals surface area (Å²) in [4.78, 5) is 12.7. The monoisotopic (exact) mass is 302 g/mol. The molecule has 0 aliphatic rings. The molecule has 0 spiro atoms. The molecule has 3 N–H and O–H groups in total. The van der Waals surface area contributed by atoms with Crippen molar-refractivity contribution in [3.8, 4) is 0 Å². The van der Waals surface area contributed by atoms with Crippen LogP contribution in [0, 0.1) is 6.92 Å². The Hall–Kier alpha value is -0.710. The number of carbonyl (C=O) groups is 1. The molecule has 0 aliphatic carbocycles. The first kappa shape index (κ1) is 18.3. The lowest BCUT2D eigenvalue weighted by molar-refractivity contribution is -0.116. The number of nitrogens with two attached hydrogens (primary N) is 1. The Labute approximate surface area is 126 Å². The molecule has 108 valence electrons. The summed E-state index contributed by atoms with van der Waals surface area (Å²) >= 11 is 1.86. The van der Waals surface area contributed by atoms with Crippen molar-refractivity contribution in [2.75, 3.05) is 11.9 Å². The van der Waals surface area contributed by atoms with Crippen LogP contribution < -0.4 is 11.1 Å². The van der Waals surface area contributed by atoms with Crippen LogP contribution in [0.2, 0.25) is 0 Å². The first-order valence-electron chi connectivity index (χ1n) is 6.34. The zero-order chi connectivity index (χ0) is 13.5. The molecule has 0 saturated heterocycles. The second kappa shape index (κ2) is 9.23. The van der Waals surface area contributed by atoms with E-state index in [4.69, 9.17) is 5.73 Å². The second-order valence-corrected chi connectivity index (χ2v) is 5.91. The van der Waals surface area contributed by atoms with E-state index in [1.165, 1.54) is 4.90 Å². The third-order valence-corrected chi connectivity index (χ3v) is 4.02. The van der Waals surface area contributed by atoms with Crippen LogP contribution in [0.1, 0.15) is 32.3 Å². The smallest absolute Gasteiger partial charge is 0.225 e. The maximum atomic E-state index is 11.5. The van der Waals surface area contributed by atoms with Crippen LogP contribution >= 0.6 is 24.2 Å². The van der Waals surface area contributed by atoms with Gasteiger partial charge in [-0.25, -0.2) is 0 Å². The van der Waals surface area contributed by atoms with E-state index in [0.29, 0.717) is 18.2 Å². The number of benzene rings is 1. The predicted octanol–water partition coefficient (Wildman–Crippen LogP) is 3.59. The number of hydrogen-bond donors (Lipinski definition) is 2. The molecule has 0 radical (unpaired) electrons. The van der Waals surface area contributed by atoms with Crippen LogP contribution in [0.25, 0.3) is 0 Å². The fourth-order valence-electron chi connectivity index (χ4n) is 1.51. The van der Waals surface area contributed by atoms with Gasteiger partial charge in [-0.05, 0) is 37.1 Å². The van der Waals surface area contributed by atoms with Crippen molar-refractivity contribution >= 4 is 35.8 Å². The van der Waals surface area contributed by atoms with Gasteiger partial charge in [0, 0.05) is 28.8 Å². The Morgan fingerprint density at radius 1 is 1.47 bits per heavy atom. The summed E-state index contributed by atoms with van der Waals surface area (Å²) in [6.45, 7) is 6.80. The van der Waals surface area contributed by atoms with Crippen molar-refractivity contribution in [2.45, 2.75) is 43.8 Å². The van der Waals surface area contributed by atoms with Crippen molar-refractivity contribution in [1.82, 2.24) is 0 Å². The van der Waals surface area contributed by atoms with E-state index in [0.717, 1.165) is 17.7 Å². The third kappa shape index (κ3) is 6.32. The third-order valence-electron chi connectivity index (χ3n) is 2.76. The molecule has 0 aliphatic heterocycles. The first-order chi connectivity index (χ1) is 8.56. The molecule has 0 aromatic heterocycles. The lowest BCUT2D eigenvalue weighted by atomic mass is 10.2. The summed E-state index contributed by atoms with van der Waals surface area (Å²) in [5.74, 6) is -0.0251. The van der Waals surface area contributed by atoms with E-state index in [1.54, 1.807) is 0 Å². The standard InChI is InChI=1S/C14H22N2OS.ClH/c1-4-11(3)18-12-5-6-13(10(2)9-12)16-14(17)7-8-15;/h5-6,9,11H,4,7-8,15H2,1-3H3,(H,16,17);1H. The molecule has 1 unspecified atom stereocenters. The van der Waals surface area contributed by atoms with Gasteiger partial charge in [-0.2, -0.15) is 0 Å². The number of thioether (sulfide) groups is 1. The second-order valence-electron chi connectivity index (χ2n) is 4.40. The largest absolute Gasteiger partial charge is 0.330 e. The Morgan fingerprint density at radius 2 is 2.16 bits per heavy atom. The molecular weight excluding hydrogens is 280 g/mol. The minimum Gasteiger partial charge on any atom is -0.330 e. The van der Waals surface area contributed by atoms with Gasteiger partial charge in [0.1, 0.15) is 0 Å². The highest BCUT2D eigenvalue weighted by Crippen LogP contribution is 2.28. The van der Waals surface area contributed by atoms with Gasteiger partial charge in [0.15, 0.2) is 0 Å². The van der Waals surface area contributed by atoms with Gasteiger partial charge >= 0.3 is 0 Å². The molecule has 0 heterocycles. The number of rotatable bonds is 6. The van der Waals surface area contributed by atoms with Crippen LogP contribution in [0.15, 0.2) is 23.1 Å². The van der Waals surface area contributed by atoms with E-state index >= 15 is 0 Å². The molecule has 0 fully saturated rings. The number of anilines is 1. The molecule has 1 aromatic carbocycles. The number of nitrogens with one attached hydrogen (secondary N) is 1. The van der Waals surface area contributed by atoms with Crippen molar-refractivity contribution in [1.29, 1.82) is 0 Å². The summed E-state index contributed by atoms with van der Waals surface area (Å²) in [5, 5.41) is 3.49. The maximum absolute atomic E-state index is 11.5. The van der Waals surface area contributed by atoms with Crippen LogP contribution in [-0.2, 0) is 4.79 Å². The Balaban J connectivity index is 0.00000324. The number of carbonyl (C=O) groups excluding carboxylic acids is 1. The van der Waals surface area contributed by atoms with Gasteiger partial charge < -0.3 is 11.1 Å². The fourth-order valence-corrected chi connectivity index (χ4v) is 2.53. The molecule has 0 saturated carbocycles. The zero-order valence-electron chi connectivity index (χ0n) is 11.7. The van der Waals surface area contributed by atoms with Crippen molar-refractivity contribution in [2.24, 2.45) is 5.73 Å². The first-order valence-corrected chi connectivity index (χ1v) is 7.22. The molecular formula is C14H23ClN2OS. The number of aryl methyl sites for hydroxylation is 1. The van der Waals surface area contributed by atoms with E-state index in [1.807, 2.05) is 24.8 Å². The minimum absolute atomic E-state index is 0. The Kier molecular flexibility index (Phi) is 8.89. The van der Waals surface area contributed by atoms with Crippen LogP contribution in [0.5, 0.6) is 0 Å². The highest BCUT2D eigenvalue weighted by atomic mass is 35.5. The van der Waals surface area contributed by atoms with Gasteiger partial charge in [-0.15, -0.1) is 24.2 Å². The average molecular weight is 303 g/mol. The number of hydrogen-bond acceptors (Lipinski definition) is 3. The molecule has 1 amide bonds. The highest BCUT2D eigenvalue weighted by Gasteiger charge is 2.06. The summed E-state index contributed by atoms with van der Waals surface area (Å²) in [5.41, 5.74) is 7.32. The SMILES string of the molecule is CCC(C)Sc1ccc(NC(=O)CCN)c(C)c1.Cl. The number of amides is 1. The maximum Gasteiger partial charge on any atom is 0.225 e. The van der Waals surface area contributed by atoms with E-state index in [-0.39, 0.29) is 18.3 Å². The average Bonchev–Trinajstić information content (AvgIpc) is 2.33. The lowest BCUT2D eigenvalue weighted by Gasteiger charge is -2.12. The molecule has 5 heteroatoms. The summed E-state index contributed by atoms with van der Waals surface area (Å²) < 4.78 is 0. The minimum atomic E-state index is -0.0251. The molecule has 3 nitrogen and oxygen atoms in total. The zero-order valence-corrected chi connectivity index (χ0v) is 13.4. The van der Waals surface area contributed by atoms with Crippen molar-refractivity contribution in [3.63, 3.8) is 0 Å². The highest BCUT2D eigenvalue weighted by molar-refractivity contribution is 7.99. The van der Waals surface area contributed by atoms with Gasteiger partial charge in [0.05, 0.1) is 0 Å². The molecule has 1 atom stereocenters. The topological polar surface area (TPSA) is 55.1 Å². The summed E-state index contributed by atoms with van der Waals surface area (Å²) in [7, 11) is 0. The van der Waals surface area contributed by atoms with Crippen LogP contribution in [0.3, 0.4) is 0 Å². The Bertz CT molecular complexity index is 412. The van der Waals surface area contributed by atoms with E-state index < -0.39 is 0 Å². The van der Waals surface area contributed by atoms with Gasteiger partial charge in [0.2, 0.25) is 5.91 Å². The quantitative estimate of drug-likeness (QED) is 0.790. The lowest BCUT2D eigenvalue weighted by Crippen LogP contribution is -2.16. The summed E-state index contributed by atoms with van der Waals surface area (Å²) in [6.07, 6.45) is 1.52. The number of halogens is 1. The predicted molar refractivity (Wildman–Crippen MR) is 86.3 cm³/mol. The molecule has 1 aromatic rings. The van der Waals surface area contributed by atoms with Crippen LogP contribution in [0.4, 0.5) is 5.69 Å². The molecule has 1 rings (SSSR count). The van der Waals surface area contributed by atoms with Crippen molar-refractivity contribution < 1.29 is 4.79 Å². The van der Waals surface area contributed by atoms with Gasteiger partial charge in [-0.3, -0.25) is 4.79 Å². The van der Waals surface area contributed by atoms with Gasteiger partial charge in [-0.1, -0.05) is 13.8 Å². The van der Waals surface area contributed by atoms with E-state index in [2.05, 4.69) is 31.3 Å². The van der Waals surface area contributed by atoms with Gasteiger partial charge in [0.25, 0.3) is 0 Å². The van der Waals surface area contributed by atoms with E-state index in [9.17, 15) is 4.79 Å². The molecule has 0 bridgehead atoms. The summed E-state index contributed by atoms with van der Waals surface area (Å²) in [6, 6.07) is 6.14. The fraction of sp³-hybridized carbons (Fsp3) is 0.500. The normalized spacial score (nSPS) is 11.6.